The zero-order chi connectivity index (χ0) is 22.3. The molecule has 1 unspecified atom stereocenters. The van der Waals surface area contributed by atoms with Gasteiger partial charge in [0, 0.05) is 21.3 Å². The fourth-order valence-corrected chi connectivity index (χ4v) is 4.02. The summed E-state index contributed by atoms with van der Waals surface area (Å²) in [5, 5.41) is 11.4. The van der Waals surface area contributed by atoms with Crippen molar-refractivity contribution >= 4 is 46.3 Å². The molecule has 0 saturated carbocycles. The summed E-state index contributed by atoms with van der Waals surface area (Å²) in [6.45, 7) is 0. The van der Waals surface area contributed by atoms with Crippen molar-refractivity contribution < 1.29 is 23.5 Å². The van der Waals surface area contributed by atoms with Gasteiger partial charge >= 0.3 is 0 Å². The highest BCUT2D eigenvalue weighted by molar-refractivity contribution is 6.52. The van der Waals surface area contributed by atoms with E-state index in [4.69, 9.17) is 23.2 Å². The summed E-state index contributed by atoms with van der Waals surface area (Å²) in [5.74, 6) is -3.39. The van der Waals surface area contributed by atoms with Crippen LogP contribution in [0, 0.1) is 11.6 Å². The van der Waals surface area contributed by atoms with E-state index in [1.54, 1.807) is 0 Å². The molecule has 4 nitrogen and oxygen atoms in total. The zero-order valence-electron chi connectivity index (χ0n) is 15.7. The van der Waals surface area contributed by atoms with Crippen LogP contribution in [0.25, 0.3) is 5.76 Å². The molecule has 156 valence electrons. The third-order valence-corrected chi connectivity index (χ3v) is 5.31. The number of nitrogens with zero attached hydrogens (tertiary/aromatic N) is 1. The van der Waals surface area contributed by atoms with Crippen molar-refractivity contribution in [2.45, 2.75) is 6.04 Å². The second-order valence-electron chi connectivity index (χ2n) is 6.86. The summed E-state index contributed by atoms with van der Waals surface area (Å²) >= 11 is 12.2. The number of aliphatic hydroxyl groups excluding tert-OH is 1. The molecule has 0 aliphatic carbocycles. The van der Waals surface area contributed by atoms with Crippen LogP contribution >= 0.6 is 23.2 Å². The van der Waals surface area contributed by atoms with Crippen molar-refractivity contribution in [1.82, 2.24) is 0 Å². The second kappa shape index (κ2) is 8.13. The van der Waals surface area contributed by atoms with E-state index in [1.807, 2.05) is 0 Å². The van der Waals surface area contributed by atoms with E-state index < -0.39 is 35.1 Å². The van der Waals surface area contributed by atoms with Crippen LogP contribution in [-0.2, 0) is 9.59 Å². The van der Waals surface area contributed by atoms with Crippen molar-refractivity contribution in [2.24, 2.45) is 0 Å². The van der Waals surface area contributed by atoms with Crippen LogP contribution in [0.15, 0.2) is 72.3 Å². The molecule has 0 radical (unpaired) electrons. The maximum Gasteiger partial charge on any atom is 0.300 e. The largest absolute Gasteiger partial charge is 0.507 e. The minimum Gasteiger partial charge on any atom is -0.507 e. The quantitative estimate of drug-likeness (QED) is 0.301. The lowest BCUT2D eigenvalue weighted by Crippen LogP contribution is -2.29. The van der Waals surface area contributed by atoms with Gasteiger partial charge in [-0.3, -0.25) is 14.5 Å². The van der Waals surface area contributed by atoms with Crippen LogP contribution in [0.1, 0.15) is 17.2 Å². The van der Waals surface area contributed by atoms with E-state index in [-0.39, 0.29) is 26.9 Å². The summed E-state index contributed by atoms with van der Waals surface area (Å²) in [7, 11) is 0. The van der Waals surface area contributed by atoms with Gasteiger partial charge < -0.3 is 5.11 Å². The maximum absolute atomic E-state index is 13.5. The topological polar surface area (TPSA) is 57.6 Å². The van der Waals surface area contributed by atoms with Gasteiger partial charge in [0.2, 0.25) is 0 Å². The number of hydrogen-bond acceptors (Lipinski definition) is 3. The SMILES string of the molecule is O=C1C(=O)N(c2cc(Cl)cc(Cl)c2)C(c2ccc(F)cc2)/C1=C(\O)c1ccc(F)cc1. The number of halogens is 4. The Kier molecular flexibility index (Phi) is 5.52. The average Bonchev–Trinajstić information content (AvgIpc) is 2.99. The summed E-state index contributed by atoms with van der Waals surface area (Å²) < 4.78 is 26.8. The number of ketones is 1. The molecule has 0 spiro atoms. The highest BCUT2D eigenvalue weighted by Crippen LogP contribution is 2.43. The predicted octanol–water partition coefficient (Wildman–Crippen LogP) is 5.90. The first-order valence-electron chi connectivity index (χ1n) is 9.05. The number of rotatable bonds is 3. The summed E-state index contributed by atoms with van der Waals surface area (Å²) in [6, 6.07) is 13.3. The predicted molar refractivity (Wildman–Crippen MR) is 114 cm³/mol. The van der Waals surface area contributed by atoms with Gasteiger partial charge in [-0.25, -0.2) is 8.78 Å². The molecule has 1 atom stereocenters. The van der Waals surface area contributed by atoms with Crippen LogP contribution in [0.3, 0.4) is 0 Å². The Morgan fingerprint density at radius 3 is 1.90 bits per heavy atom. The second-order valence-corrected chi connectivity index (χ2v) is 7.73. The van der Waals surface area contributed by atoms with E-state index in [1.165, 1.54) is 54.6 Å². The third kappa shape index (κ3) is 3.92. The molecule has 1 N–H and O–H groups in total. The van der Waals surface area contributed by atoms with E-state index in [0.717, 1.165) is 17.0 Å². The minimum atomic E-state index is -1.08. The maximum atomic E-state index is 13.5. The molecular formula is C23H13Cl2F2NO3. The highest BCUT2D eigenvalue weighted by Gasteiger charge is 2.47. The van der Waals surface area contributed by atoms with Crippen molar-refractivity contribution in [3.05, 3.63) is 105 Å². The van der Waals surface area contributed by atoms with Gasteiger partial charge in [0.25, 0.3) is 11.7 Å². The van der Waals surface area contributed by atoms with Gasteiger partial charge in [-0.15, -0.1) is 0 Å². The fraction of sp³-hybridized carbons (Fsp3) is 0.0435. The molecule has 4 rings (SSSR count). The molecule has 1 aliphatic rings. The monoisotopic (exact) mass is 459 g/mol. The molecule has 0 bridgehead atoms. The molecule has 3 aromatic carbocycles. The number of anilines is 1. The van der Waals surface area contributed by atoms with Crippen LogP contribution in [0.5, 0.6) is 0 Å². The molecule has 31 heavy (non-hydrogen) atoms. The van der Waals surface area contributed by atoms with Crippen LogP contribution in [-0.4, -0.2) is 16.8 Å². The zero-order valence-corrected chi connectivity index (χ0v) is 17.2. The normalized spacial score (nSPS) is 17.9. The van der Waals surface area contributed by atoms with E-state index in [2.05, 4.69) is 0 Å². The molecule has 1 heterocycles. The Morgan fingerprint density at radius 2 is 1.35 bits per heavy atom. The Bertz CT molecular complexity index is 1200. The summed E-state index contributed by atoms with van der Waals surface area (Å²) in [5.41, 5.74) is 0.530. The molecule has 3 aromatic rings. The Balaban J connectivity index is 1.96. The number of hydrogen-bond donors (Lipinski definition) is 1. The van der Waals surface area contributed by atoms with Gasteiger partial charge in [0.1, 0.15) is 17.4 Å². The first-order chi connectivity index (χ1) is 14.8. The lowest BCUT2D eigenvalue weighted by Gasteiger charge is -2.25. The molecule has 1 fully saturated rings. The summed E-state index contributed by atoms with van der Waals surface area (Å²) in [6.07, 6.45) is 0. The van der Waals surface area contributed by atoms with Crippen LogP contribution < -0.4 is 4.90 Å². The van der Waals surface area contributed by atoms with Crippen molar-refractivity contribution in [2.75, 3.05) is 4.90 Å². The van der Waals surface area contributed by atoms with Gasteiger partial charge in [-0.05, 0) is 60.2 Å². The molecule has 8 heteroatoms. The average molecular weight is 460 g/mol. The van der Waals surface area contributed by atoms with Gasteiger partial charge in [0.15, 0.2) is 0 Å². The Hall–Kier alpha value is -3.22. The van der Waals surface area contributed by atoms with Gasteiger partial charge in [-0.2, -0.15) is 0 Å². The van der Waals surface area contributed by atoms with Crippen molar-refractivity contribution in [3.63, 3.8) is 0 Å². The number of amides is 1. The van der Waals surface area contributed by atoms with Crippen LogP contribution in [0.2, 0.25) is 10.0 Å². The number of carbonyl (C=O) groups excluding carboxylic acids is 2. The highest BCUT2D eigenvalue weighted by atomic mass is 35.5. The lowest BCUT2D eigenvalue weighted by atomic mass is 9.95. The van der Waals surface area contributed by atoms with E-state index >= 15 is 0 Å². The van der Waals surface area contributed by atoms with E-state index in [9.17, 15) is 23.5 Å². The number of aliphatic hydroxyl groups is 1. The van der Waals surface area contributed by atoms with Crippen molar-refractivity contribution in [3.8, 4) is 0 Å². The van der Waals surface area contributed by atoms with Crippen LogP contribution in [0.4, 0.5) is 14.5 Å². The standard InChI is InChI=1S/C23H13Cl2F2NO3/c24-14-9-15(25)11-18(10-14)28-20(12-1-5-16(26)6-2-12)19(22(30)23(28)31)21(29)13-3-7-17(27)8-4-13/h1-11,20,29H/b21-19+. The third-order valence-electron chi connectivity index (χ3n) is 4.87. The number of benzene rings is 3. The smallest absolute Gasteiger partial charge is 0.300 e. The Labute approximate surface area is 185 Å². The minimum absolute atomic E-state index is 0.149. The summed E-state index contributed by atoms with van der Waals surface area (Å²) in [4.78, 5) is 27.1. The molecule has 1 saturated heterocycles. The molecule has 1 amide bonds. The number of Topliss-reactive ketones (excluding diaryl/α,β-unsaturated/α-hetero) is 1. The molecule has 0 aromatic heterocycles. The van der Waals surface area contributed by atoms with E-state index in [0.29, 0.717) is 5.56 Å². The molecular weight excluding hydrogens is 447 g/mol. The Morgan fingerprint density at radius 1 is 0.839 bits per heavy atom. The first kappa shape index (κ1) is 21.0. The number of carbonyl (C=O) groups is 2. The first-order valence-corrected chi connectivity index (χ1v) is 9.80. The van der Waals surface area contributed by atoms with Gasteiger partial charge in [0.05, 0.1) is 11.6 Å². The van der Waals surface area contributed by atoms with Crippen molar-refractivity contribution in [1.29, 1.82) is 0 Å². The molecule has 1 aliphatic heterocycles. The lowest BCUT2D eigenvalue weighted by molar-refractivity contribution is -0.132. The van der Waals surface area contributed by atoms with Gasteiger partial charge in [-0.1, -0.05) is 35.3 Å². The fourth-order valence-electron chi connectivity index (χ4n) is 3.50.